The van der Waals surface area contributed by atoms with Crippen molar-refractivity contribution in [3.05, 3.63) is 63.4 Å². The number of anilines is 1. The quantitative estimate of drug-likeness (QED) is 0.715. The highest BCUT2D eigenvalue weighted by atomic mass is 32.1. The number of amides is 1. The lowest BCUT2D eigenvalue weighted by Crippen LogP contribution is -2.25. The molecule has 1 atom stereocenters. The highest BCUT2D eigenvalue weighted by Gasteiger charge is 2.35. The first kappa shape index (κ1) is 16.0. The van der Waals surface area contributed by atoms with Gasteiger partial charge in [0, 0.05) is 29.4 Å². The van der Waals surface area contributed by atoms with Gasteiger partial charge in [0.05, 0.1) is 6.42 Å². The summed E-state index contributed by atoms with van der Waals surface area (Å²) in [6.45, 7) is 4.69. The third kappa shape index (κ3) is 3.22. The fourth-order valence-electron chi connectivity index (χ4n) is 3.29. The van der Waals surface area contributed by atoms with Crippen LogP contribution in [0.3, 0.4) is 0 Å². The van der Waals surface area contributed by atoms with Gasteiger partial charge >= 0.3 is 0 Å². The fourth-order valence-corrected chi connectivity index (χ4v) is 3.99. The van der Waals surface area contributed by atoms with Crippen molar-refractivity contribution < 1.29 is 9.32 Å². The van der Waals surface area contributed by atoms with Crippen molar-refractivity contribution in [2.75, 3.05) is 11.4 Å². The molecular weight excluding hydrogens is 334 g/mol. The van der Waals surface area contributed by atoms with E-state index in [-0.39, 0.29) is 11.8 Å². The molecule has 1 fully saturated rings. The summed E-state index contributed by atoms with van der Waals surface area (Å²) in [4.78, 5) is 20.0. The minimum atomic E-state index is -0.0194. The Balaban J connectivity index is 1.51. The Morgan fingerprint density at radius 3 is 2.96 bits per heavy atom. The van der Waals surface area contributed by atoms with E-state index in [1.807, 2.05) is 35.4 Å². The maximum Gasteiger partial charge on any atom is 0.231 e. The Kier molecular flexibility index (Phi) is 4.13. The third-order valence-electron chi connectivity index (χ3n) is 4.52. The molecule has 6 heteroatoms. The van der Waals surface area contributed by atoms with Crippen LogP contribution < -0.4 is 4.90 Å². The molecule has 1 saturated heterocycles. The number of aromatic nitrogens is 2. The first-order valence-electron chi connectivity index (χ1n) is 8.32. The Morgan fingerprint density at radius 2 is 2.20 bits per heavy atom. The van der Waals surface area contributed by atoms with E-state index in [4.69, 9.17) is 4.52 Å². The molecule has 0 saturated carbocycles. The predicted octanol–water partition coefficient (Wildman–Crippen LogP) is 3.86. The topological polar surface area (TPSA) is 59.2 Å². The van der Waals surface area contributed by atoms with Gasteiger partial charge in [-0.1, -0.05) is 28.9 Å². The van der Waals surface area contributed by atoms with E-state index in [0.717, 1.165) is 11.3 Å². The molecule has 0 N–H and O–H groups in total. The van der Waals surface area contributed by atoms with E-state index in [0.29, 0.717) is 31.1 Å². The summed E-state index contributed by atoms with van der Waals surface area (Å²) in [5.41, 5.74) is 3.28. The Hall–Kier alpha value is -2.47. The monoisotopic (exact) mass is 353 g/mol. The summed E-state index contributed by atoms with van der Waals surface area (Å²) in [5, 5.41) is 6.15. The molecule has 2 aromatic heterocycles. The number of thiophene rings is 1. The van der Waals surface area contributed by atoms with Crippen LogP contribution in [0.25, 0.3) is 0 Å². The maximum absolute atomic E-state index is 12.5. The number of benzene rings is 1. The summed E-state index contributed by atoms with van der Waals surface area (Å²) >= 11 is 1.67. The van der Waals surface area contributed by atoms with Gasteiger partial charge in [-0.15, -0.1) is 11.3 Å². The molecule has 3 aromatic rings. The van der Waals surface area contributed by atoms with Gasteiger partial charge in [-0.3, -0.25) is 4.79 Å². The second-order valence-electron chi connectivity index (χ2n) is 6.50. The number of carbonyl (C=O) groups is 1. The molecular formula is C19H19N3O2S. The maximum atomic E-state index is 12.5. The average Bonchev–Trinajstić information content (AvgIpc) is 3.30. The summed E-state index contributed by atoms with van der Waals surface area (Å²) in [6, 6.07) is 10.2. The molecule has 1 unspecified atom stereocenters. The van der Waals surface area contributed by atoms with Gasteiger partial charge in [-0.2, -0.15) is 4.98 Å². The lowest BCUT2D eigenvalue weighted by molar-refractivity contribution is -0.117. The lowest BCUT2D eigenvalue weighted by atomic mass is 10.1. The molecule has 1 aromatic carbocycles. The zero-order valence-corrected chi connectivity index (χ0v) is 15.0. The van der Waals surface area contributed by atoms with Crippen LogP contribution in [0.5, 0.6) is 0 Å². The van der Waals surface area contributed by atoms with Crippen LogP contribution in [0.15, 0.2) is 40.2 Å². The van der Waals surface area contributed by atoms with Crippen molar-refractivity contribution in [1.82, 2.24) is 10.1 Å². The van der Waals surface area contributed by atoms with Gasteiger partial charge in [-0.25, -0.2) is 0 Å². The van der Waals surface area contributed by atoms with Gasteiger partial charge < -0.3 is 9.42 Å². The van der Waals surface area contributed by atoms with Crippen LogP contribution in [0, 0.1) is 13.8 Å². The van der Waals surface area contributed by atoms with E-state index >= 15 is 0 Å². The highest BCUT2D eigenvalue weighted by Crippen LogP contribution is 2.32. The van der Waals surface area contributed by atoms with Crippen LogP contribution in [0.1, 0.15) is 40.1 Å². The standard InChI is InChI=1S/C19H19N3O2S/c1-12-5-6-16(13(2)8-12)22-11-14(9-18(22)23)19-20-17(24-21-19)10-15-4-3-7-25-15/h3-8,14H,9-11H2,1-2H3. The zero-order chi connectivity index (χ0) is 17.4. The van der Waals surface area contributed by atoms with E-state index < -0.39 is 0 Å². The first-order chi connectivity index (χ1) is 12.1. The summed E-state index contributed by atoms with van der Waals surface area (Å²) in [6.07, 6.45) is 1.07. The minimum Gasteiger partial charge on any atom is -0.339 e. The fraction of sp³-hybridized carbons (Fsp3) is 0.316. The zero-order valence-electron chi connectivity index (χ0n) is 14.2. The van der Waals surface area contributed by atoms with Crippen LogP contribution in [-0.2, 0) is 11.2 Å². The molecule has 1 aliphatic rings. The molecule has 0 aliphatic carbocycles. The molecule has 1 amide bonds. The smallest absolute Gasteiger partial charge is 0.231 e. The molecule has 0 bridgehead atoms. The SMILES string of the molecule is Cc1ccc(N2CC(c3noc(Cc4cccs4)n3)CC2=O)c(C)c1. The van der Waals surface area contributed by atoms with Crippen LogP contribution >= 0.6 is 11.3 Å². The normalized spacial score (nSPS) is 17.4. The number of hydrogen-bond acceptors (Lipinski definition) is 5. The van der Waals surface area contributed by atoms with Gasteiger partial charge in [0.15, 0.2) is 5.82 Å². The summed E-state index contributed by atoms with van der Waals surface area (Å²) in [7, 11) is 0. The van der Waals surface area contributed by atoms with Crippen LogP contribution in [0.2, 0.25) is 0 Å². The van der Waals surface area contributed by atoms with Crippen molar-refractivity contribution in [3.8, 4) is 0 Å². The van der Waals surface area contributed by atoms with Crippen LogP contribution in [0.4, 0.5) is 5.69 Å². The Bertz CT molecular complexity index is 901. The first-order valence-corrected chi connectivity index (χ1v) is 9.20. The number of aryl methyl sites for hydroxylation is 2. The molecule has 3 heterocycles. The van der Waals surface area contributed by atoms with Gasteiger partial charge in [0.25, 0.3) is 0 Å². The number of carbonyl (C=O) groups excluding carboxylic acids is 1. The minimum absolute atomic E-state index is 0.0194. The number of hydrogen-bond donors (Lipinski definition) is 0. The van der Waals surface area contributed by atoms with Crippen molar-refractivity contribution in [1.29, 1.82) is 0 Å². The van der Waals surface area contributed by atoms with Crippen molar-refractivity contribution in [3.63, 3.8) is 0 Å². The van der Waals surface area contributed by atoms with Crippen molar-refractivity contribution in [2.45, 2.75) is 32.6 Å². The molecule has 4 rings (SSSR count). The molecule has 5 nitrogen and oxygen atoms in total. The van der Waals surface area contributed by atoms with E-state index in [1.54, 1.807) is 11.3 Å². The number of nitrogens with zero attached hydrogens (tertiary/aromatic N) is 3. The Labute approximate surface area is 150 Å². The van der Waals surface area contributed by atoms with Gasteiger partial charge in [-0.05, 0) is 36.9 Å². The highest BCUT2D eigenvalue weighted by molar-refractivity contribution is 7.09. The molecule has 128 valence electrons. The lowest BCUT2D eigenvalue weighted by Gasteiger charge is -2.19. The van der Waals surface area contributed by atoms with E-state index in [9.17, 15) is 4.79 Å². The summed E-state index contributed by atoms with van der Waals surface area (Å²) in [5.74, 6) is 1.33. The number of rotatable bonds is 4. The van der Waals surface area contributed by atoms with E-state index in [2.05, 4.69) is 29.2 Å². The average molecular weight is 353 g/mol. The molecule has 0 spiro atoms. The van der Waals surface area contributed by atoms with E-state index in [1.165, 1.54) is 10.4 Å². The van der Waals surface area contributed by atoms with Gasteiger partial charge in [0.1, 0.15) is 0 Å². The van der Waals surface area contributed by atoms with Crippen LogP contribution in [-0.4, -0.2) is 22.6 Å². The Morgan fingerprint density at radius 1 is 1.32 bits per heavy atom. The molecule has 1 aliphatic heterocycles. The second kappa shape index (κ2) is 6.44. The second-order valence-corrected chi connectivity index (χ2v) is 7.53. The van der Waals surface area contributed by atoms with Gasteiger partial charge in [0.2, 0.25) is 11.8 Å². The van der Waals surface area contributed by atoms with Crippen molar-refractivity contribution >= 4 is 22.9 Å². The summed E-state index contributed by atoms with van der Waals surface area (Å²) < 4.78 is 5.38. The van der Waals surface area contributed by atoms with Crippen molar-refractivity contribution in [2.24, 2.45) is 0 Å². The largest absolute Gasteiger partial charge is 0.339 e. The molecule has 25 heavy (non-hydrogen) atoms. The predicted molar refractivity (Wildman–Crippen MR) is 97.1 cm³/mol. The molecule has 0 radical (unpaired) electrons. The third-order valence-corrected chi connectivity index (χ3v) is 5.40.